The van der Waals surface area contributed by atoms with Crippen molar-refractivity contribution in [2.75, 3.05) is 20.1 Å². The van der Waals surface area contributed by atoms with Crippen molar-refractivity contribution in [3.05, 3.63) is 71.1 Å². The number of fused-ring (bicyclic) bond motifs is 1. The molecule has 0 spiro atoms. The summed E-state index contributed by atoms with van der Waals surface area (Å²) in [4.78, 5) is 40.8. The summed E-state index contributed by atoms with van der Waals surface area (Å²) in [7, 11) is -2.70. The van der Waals surface area contributed by atoms with Crippen LogP contribution in [0.5, 0.6) is 0 Å². The van der Waals surface area contributed by atoms with E-state index in [1.165, 1.54) is 23.3 Å². The lowest BCUT2D eigenvalue weighted by Gasteiger charge is -2.31. The smallest absolute Gasteiger partial charge is 0.313 e. The summed E-state index contributed by atoms with van der Waals surface area (Å²) in [5, 5.41) is 12.3. The molecular formula is C25H28N4O6S2. The molecule has 1 fully saturated rings. The Morgan fingerprint density at radius 3 is 2.46 bits per heavy atom. The third-order valence-corrected chi connectivity index (χ3v) is 9.36. The highest BCUT2D eigenvalue weighted by Gasteiger charge is 2.49. The number of amides is 4. The van der Waals surface area contributed by atoms with Crippen LogP contribution in [0.1, 0.15) is 31.0 Å². The summed E-state index contributed by atoms with van der Waals surface area (Å²) in [5.74, 6) is -1.85. The highest BCUT2D eigenvalue weighted by atomic mass is 32.2. The molecule has 10 nitrogen and oxygen atoms in total. The van der Waals surface area contributed by atoms with E-state index in [0.29, 0.717) is 11.1 Å². The number of carbonyl (C=O) groups excluding carboxylic acids is 3. The van der Waals surface area contributed by atoms with Crippen molar-refractivity contribution in [1.82, 2.24) is 19.6 Å². The average Bonchev–Trinajstić information content (AvgIpc) is 3.39. The third kappa shape index (κ3) is 5.10. The van der Waals surface area contributed by atoms with E-state index < -0.39 is 45.2 Å². The zero-order valence-electron chi connectivity index (χ0n) is 20.6. The first-order valence-corrected chi connectivity index (χ1v) is 14.0. The third-order valence-electron chi connectivity index (χ3n) is 6.65. The zero-order chi connectivity index (χ0) is 27.0. The second-order valence-electron chi connectivity index (χ2n) is 9.31. The number of benzene rings is 2. The molecule has 2 heterocycles. The molecule has 0 aliphatic carbocycles. The summed E-state index contributed by atoms with van der Waals surface area (Å²) in [6, 6.07) is 13.4. The van der Waals surface area contributed by atoms with Gasteiger partial charge in [-0.3, -0.25) is 19.7 Å². The summed E-state index contributed by atoms with van der Waals surface area (Å²) in [5.41, 5.74) is 1.32. The summed E-state index contributed by atoms with van der Waals surface area (Å²) in [6.07, 6.45) is 0. The van der Waals surface area contributed by atoms with E-state index >= 15 is 0 Å². The molecule has 1 saturated heterocycles. The number of thiophene rings is 1. The molecule has 196 valence electrons. The lowest BCUT2D eigenvalue weighted by molar-refractivity contribution is -0.133. The van der Waals surface area contributed by atoms with Gasteiger partial charge in [-0.1, -0.05) is 36.4 Å². The molecule has 2 N–H and O–H groups in total. The summed E-state index contributed by atoms with van der Waals surface area (Å²) < 4.78 is 29.6. The first kappa shape index (κ1) is 26.7. The zero-order valence-corrected chi connectivity index (χ0v) is 22.3. The number of likely N-dealkylation sites (N-methyl/N-ethyl adjacent to an activating group) is 1. The molecule has 1 aromatic heterocycles. The monoisotopic (exact) mass is 544 g/mol. The number of hydrogen-bond donors (Lipinski definition) is 2. The molecule has 1 aliphatic rings. The number of sulfonamides is 1. The summed E-state index contributed by atoms with van der Waals surface area (Å²) in [6.45, 7) is 2.59. The molecular weight excluding hydrogens is 516 g/mol. The fourth-order valence-electron chi connectivity index (χ4n) is 4.35. The van der Waals surface area contributed by atoms with Crippen molar-refractivity contribution < 1.29 is 28.0 Å². The maximum Gasteiger partial charge on any atom is 0.327 e. The lowest BCUT2D eigenvalue weighted by Crippen LogP contribution is -2.47. The number of urea groups is 1. The Hall–Kier alpha value is -3.32. The summed E-state index contributed by atoms with van der Waals surface area (Å²) >= 11 is 1.54. The van der Waals surface area contributed by atoms with Crippen LogP contribution in [0.4, 0.5) is 4.79 Å². The minimum atomic E-state index is -4.20. The molecule has 1 atom stereocenters. The van der Waals surface area contributed by atoms with Crippen molar-refractivity contribution in [1.29, 1.82) is 0 Å². The van der Waals surface area contributed by atoms with Gasteiger partial charge >= 0.3 is 6.03 Å². The fourth-order valence-corrected chi connectivity index (χ4v) is 6.79. The molecule has 12 heteroatoms. The first-order chi connectivity index (χ1) is 17.5. The highest BCUT2D eigenvalue weighted by Crippen LogP contribution is 2.30. The minimum absolute atomic E-state index is 0.268. The molecule has 2 aromatic carbocycles. The van der Waals surface area contributed by atoms with Gasteiger partial charge in [0.15, 0.2) is 0 Å². The normalized spacial score (nSPS) is 16.6. The second kappa shape index (κ2) is 10.2. The van der Waals surface area contributed by atoms with Crippen LogP contribution in [0.25, 0.3) is 10.1 Å². The largest absolute Gasteiger partial charge is 0.327 e. The van der Waals surface area contributed by atoms with E-state index in [1.807, 2.05) is 17.5 Å². The number of rotatable bonds is 9. The van der Waals surface area contributed by atoms with Gasteiger partial charge in [0.05, 0.1) is 5.75 Å². The SMILES string of the molecule is CN1C(=O)N(CCN([C@@H](C(=O)NO)c2ccccc2)S(=O)(=O)Cc2ccc3sccc3c2)C(=O)C1(C)C. The van der Waals surface area contributed by atoms with Crippen LogP contribution in [0.15, 0.2) is 60.0 Å². The molecule has 37 heavy (non-hydrogen) atoms. The van der Waals surface area contributed by atoms with Crippen LogP contribution in [0.2, 0.25) is 0 Å². The number of nitrogens with one attached hydrogen (secondary N) is 1. The molecule has 0 unspecified atom stereocenters. The Kier molecular flexibility index (Phi) is 7.38. The van der Waals surface area contributed by atoms with Gasteiger partial charge in [-0.25, -0.2) is 18.7 Å². The lowest BCUT2D eigenvalue weighted by atomic mass is 10.1. The minimum Gasteiger partial charge on any atom is -0.313 e. The second-order valence-corrected chi connectivity index (χ2v) is 12.2. The topological polar surface area (TPSA) is 127 Å². The van der Waals surface area contributed by atoms with E-state index in [1.54, 1.807) is 61.8 Å². The number of nitrogens with zero attached hydrogens (tertiary/aromatic N) is 3. The van der Waals surface area contributed by atoms with Crippen molar-refractivity contribution in [3.63, 3.8) is 0 Å². The quantitative estimate of drug-likeness (QED) is 0.242. The van der Waals surface area contributed by atoms with Crippen LogP contribution >= 0.6 is 11.3 Å². The van der Waals surface area contributed by atoms with Gasteiger partial charge in [-0.05, 0) is 53.9 Å². The van der Waals surface area contributed by atoms with Crippen LogP contribution in [-0.2, 0) is 25.4 Å². The Bertz CT molecular complexity index is 1440. The van der Waals surface area contributed by atoms with Crippen molar-refractivity contribution >= 4 is 49.3 Å². The van der Waals surface area contributed by atoms with Crippen molar-refractivity contribution in [2.45, 2.75) is 31.2 Å². The van der Waals surface area contributed by atoms with Crippen LogP contribution in [0.3, 0.4) is 0 Å². The standard InChI is InChI=1S/C25H28N4O6S2/c1-25(2)23(31)28(24(32)27(25)3)12-13-29(21(22(30)26-33)18-7-5-4-6-8-18)37(34,35)16-17-9-10-20-19(15-17)11-14-36-20/h4-11,14-15,21,33H,12-13,16H2,1-3H3,(H,26,30)/t21-/m1/s1. The number of carbonyl (C=O) groups is 3. The number of imide groups is 1. The predicted molar refractivity (Wildman–Crippen MR) is 139 cm³/mol. The van der Waals surface area contributed by atoms with Gasteiger partial charge in [0.1, 0.15) is 11.6 Å². The number of hydroxylamine groups is 1. The van der Waals surface area contributed by atoms with Crippen LogP contribution in [0, 0.1) is 0 Å². The van der Waals surface area contributed by atoms with Gasteiger partial charge in [0.25, 0.3) is 11.8 Å². The van der Waals surface area contributed by atoms with Gasteiger partial charge in [-0.2, -0.15) is 4.31 Å². The molecule has 3 aromatic rings. The van der Waals surface area contributed by atoms with Gasteiger partial charge in [-0.15, -0.1) is 11.3 Å². The van der Waals surface area contributed by atoms with Crippen molar-refractivity contribution in [2.24, 2.45) is 0 Å². The maximum absolute atomic E-state index is 13.8. The highest BCUT2D eigenvalue weighted by molar-refractivity contribution is 7.88. The van der Waals surface area contributed by atoms with Gasteiger partial charge in [0, 0.05) is 24.8 Å². The van der Waals surface area contributed by atoms with E-state index in [4.69, 9.17) is 0 Å². The Labute approximate surface area is 219 Å². The molecule has 1 aliphatic heterocycles. The fraction of sp³-hybridized carbons (Fsp3) is 0.320. The molecule has 4 amide bonds. The predicted octanol–water partition coefficient (Wildman–Crippen LogP) is 2.95. The first-order valence-electron chi connectivity index (χ1n) is 11.5. The number of hydrogen-bond acceptors (Lipinski definition) is 7. The Morgan fingerprint density at radius 1 is 1.14 bits per heavy atom. The Balaban J connectivity index is 1.71. The molecule has 4 rings (SSSR count). The van der Waals surface area contributed by atoms with E-state index in [2.05, 4.69) is 0 Å². The van der Waals surface area contributed by atoms with Gasteiger partial charge < -0.3 is 4.90 Å². The van der Waals surface area contributed by atoms with Crippen LogP contribution in [-0.4, -0.2) is 71.3 Å². The van der Waals surface area contributed by atoms with E-state index in [-0.39, 0.29) is 13.1 Å². The molecule has 0 bridgehead atoms. The molecule has 0 radical (unpaired) electrons. The van der Waals surface area contributed by atoms with E-state index in [0.717, 1.165) is 19.3 Å². The van der Waals surface area contributed by atoms with E-state index in [9.17, 15) is 28.0 Å². The van der Waals surface area contributed by atoms with Crippen LogP contribution < -0.4 is 5.48 Å². The average molecular weight is 545 g/mol. The molecule has 0 saturated carbocycles. The van der Waals surface area contributed by atoms with Gasteiger partial charge in [0.2, 0.25) is 10.0 Å². The van der Waals surface area contributed by atoms with Crippen molar-refractivity contribution in [3.8, 4) is 0 Å². The Morgan fingerprint density at radius 2 is 1.84 bits per heavy atom. The maximum atomic E-state index is 13.8.